The fraction of sp³-hybridized carbons (Fsp3) is 0.357. The molecule has 1 atom stereocenters. The third-order valence-electron chi connectivity index (χ3n) is 3.34. The van der Waals surface area contributed by atoms with Crippen molar-refractivity contribution in [3.63, 3.8) is 0 Å². The molecule has 108 valence electrons. The van der Waals surface area contributed by atoms with Gasteiger partial charge in [-0.05, 0) is 30.2 Å². The number of hydrogen-bond donors (Lipinski definition) is 2. The maximum Gasteiger partial charge on any atom is 0.124 e. The van der Waals surface area contributed by atoms with Crippen LogP contribution in [0.2, 0.25) is 5.02 Å². The average Bonchev–Trinajstić information content (AvgIpc) is 2.77. The van der Waals surface area contributed by atoms with Crippen LogP contribution in [0, 0.1) is 5.82 Å². The van der Waals surface area contributed by atoms with Gasteiger partial charge < -0.3 is 0 Å². The molecule has 0 saturated carbocycles. The first-order valence-electron chi connectivity index (χ1n) is 6.48. The van der Waals surface area contributed by atoms with Crippen molar-refractivity contribution in [3.05, 3.63) is 52.1 Å². The van der Waals surface area contributed by atoms with Crippen LogP contribution in [0.15, 0.2) is 24.3 Å². The Kier molecular flexibility index (Phi) is 4.75. The lowest BCUT2D eigenvalue weighted by Crippen LogP contribution is -2.30. The predicted octanol–water partition coefficient (Wildman–Crippen LogP) is 2.52. The Morgan fingerprint density at radius 2 is 2.20 bits per heavy atom. The normalized spacial score (nSPS) is 12.7. The van der Waals surface area contributed by atoms with E-state index in [0.29, 0.717) is 11.4 Å². The molecule has 20 heavy (non-hydrogen) atoms. The van der Waals surface area contributed by atoms with Crippen molar-refractivity contribution in [2.24, 2.45) is 12.9 Å². The predicted molar refractivity (Wildman–Crippen MR) is 77.8 cm³/mol. The molecule has 1 heterocycles. The molecule has 0 aliphatic rings. The first kappa shape index (κ1) is 15.0. The molecule has 3 N–H and O–H groups in total. The summed E-state index contributed by atoms with van der Waals surface area (Å²) in [7, 11) is 1.90. The van der Waals surface area contributed by atoms with Crippen LogP contribution in [-0.4, -0.2) is 9.78 Å². The molecule has 6 heteroatoms. The molecule has 0 radical (unpaired) electrons. The Bertz CT molecular complexity index is 597. The van der Waals surface area contributed by atoms with Crippen LogP contribution in [0.3, 0.4) is 0 Å². The molecule has 0 fully saturated rings. The summed E-state index contributed by atoms with van der Waals surface area (Å²) in [5, 5.41) is 4.77. The summed E-state index contributed by atoms with van der Waals surface area (Å²) in [5.74, 6) is 5.26. The lowest BCUT2D eigenvalue weighted by molar-refractivity contribution is 0.528. The molecule has 0 saturated heterocycles. The molecule has 0 bridgehead atoms. The number of benzene rings is 1. The van der Waals surface area contributed by atoms with Crippen molar-refractivity contribution >= 4 is 11.6 Å². The van der Waals surface area contributed by atoms with Crippen LogP contribution in [-0.2, 0) is 19.9 Å². The minimum atomic E-state index is -0.358. The fourth-order valence-electron chi connectivity index (χ4n) is 2.19. The van der Waals surface area contributed by atoms with Gasteiger partial charge >= 0.3 is 0 Å². The van der Waals surface area contributed by atoms with E-state index in [1.807, 2.05) is 17.8 Å². The summed E-state index contributed by atoms with van der Waals surface area (Å²) in [6.45, 7) is 2.06. The number of aromatic nitrogens is 2. The standard InChI is InChI=1S/C14H18ClFN4/c1-3-10-7-11(20(2)19-10)8-14(18-17)12-5-4-9(16)6-13(12)15/h4-7,14,18H,3,8,17H2,1-2H3. The van der Waals surface area contributed by atoms with Crippen LogP contribution < -0.4 is 11.3 Å². The number of halogens is 2. The quantitative estimate of drug-likeness (QED) is 0.658. The van der Waals surface area contributed by atoms with E-state index in [1.165, 1.54) is 12.1 Å². The summed E-state index contributed by atoms with van der Waals surface area (Å²) in [6, 6.07) is 6.18. The first-order chi connectivity index (χ1) is 9.55. The van der Waals surface area contributed by atoms with E-state index in [-0.39, 0.29) is 11.9 Å². The summed E-state index contributed by atoms with van der Waals surface area (Å²) in [5.41, 5.74) is 5.58. The zero-order valence-electron chi connectivity index (χ0n) is 11.5. The molecule has 2 aromatic rings. The number of aryl methyl sites for hydroxylation is 2. The molecule has 1 unspecified atom stereocenters. The van der Waals surface area contributed by atoms with Crippen molar-refractivity contribution in [2.45, 2.75) is 25.8 Å². The number of hydrazine groups is 1. The zero-order chi connectivity index (χ0) is 14.7. The summed E-state index contributed by atoms with van der Waals surface area (Å²) < 4.78 is 14.9. The Morgan fingerprint density at radius 3 is 2.75 bits per heavy atom. The Balaban J connectivity index is 2.26. The van der Waals surface area contributed by atoms with E-state index in [1.54, 1.807) is 6.07 Å². The summed E-state index contributed by atoms with van der Waals surface area (Å²) >= 11 is 6.08. The van der Waals surface area contributed by atoms with Gasteiger partial charge in [-0.15, -0.1) is 0 Å². The van der Waals surface area contributed by atoms with Crippen molar-refractivity contribution in [1.29, 1.82) is 0 Å². The van der Waals surface area contributed by atoms with Crippen LogP contribution in [0.5, 0.6) is 0 Å². The summed E-state index contributed by atoms with van der Waals surface area (Å²) in [6.07, 6.45) is 1.51. The molecule has 2 rings (SSSR count). The van der Waals surface area contributed by atoms with Crippen molar-refractivity contribution in [2.75, 3.05) is 0 Å². The third kappa shape index (κ3) is 3.17. The maximum atomic E-state index is 13.1. The van der Waals surface area contributed by atoms with Crippen LogP contribution in [0.4, 0.5) is 4.39 Å². The highest BCUT2D eigenvalue weighted by Gasteiger charge is 2.17. The van der Waals surface area contributed by atoms with Crippen LogP contribution in [0.1, 0.15) is 29.9 Å². The second-order valence-electron chi connectivity index (χ2n) is 4.69. The van der Waals surface area contributed by atoms with Gasteiger partial charge in [0.25, 0.3) is 0 Å². The van der Waals surface area contributed by atoms with Gasteiger partial charge in [-0.2, -0.15) is 5.10 Å². The second-order valence-corrected chi connectivity index (χ2v) is 5.10. The van der Waals surface area contributed by atoms with Gasteiger partial charge in [0.2, 0.25) is 0 Å². The molecule has 4 nitrogen and oxygen atoms in total. The SMILES string of the molecule is CCc1cc(CC(NN)c2ccc(F)cc2Cl)n(C)n1. The van der Waals surface area contributed by atoms with Gasteiger partial charge in [-0.3, -0.25) is 16.0 Å². The molecule has 0 aliphatic carbocycles. The number of rotatable bonds is 5. The Labute approximate surface area is 122 Å². The van der Waals surface area contributed by atoms with Crippen molar-refractivity contribution in [1.82, 2.24) is 15.2 Å². The highest BCUT2D eigenvalue weighted by atomic mass is 35.5. The second kappa shape index (κ2) is 6.35. The number of nitrogens with two attached hydrogens (primary N) is 1. The van der Waals surface area contributed by atoms with Crippen molar-refractivity contribution in [3.8, 4) is 0 Å². The summed E-state index contributed by atoms with van der Waals surface area (Å²) in [4.78, 5) is 0. The van der Waals surface area contributed by atoms with E-state index in [0.717, 1.165) is 23.4 Å². The van der Waals surface area contributed by atoms with E-state index in [2.05, 4.69) is 17.4 Å². The number of hydrogen-bond acceptors (Lipinski definition) is 3. The van der Waals surface area contributed by atoms with E-state index >= 15 is 0 Å². The van der Waals surface area contributed by atoms with Crippen LogP contribution >= 0.6 is 11.6 Å². The average molecular weight is 297 g/mol. The topological polar surface area (TPSA) is 55.9 Å². The van der Waals surface area contributed by atoms with Crippen LogP contribution in [0.25, 0.3) is 0 Å². The number of nitrogens with zero attached hydrogens (tertiary/aromatic N) is 2. The van der Waals surface area contributed by atoms with Gasteiger partial charge in [-0.25, -0.2) is 4.39 Å². The highest BCUT2D eigenvalue weighted by Crippen LogP contribution is 2.26. The number of nitrogens with one attached hydrogen (secondary N) is 1. The van der Waals surface area contributed by atoms with Gasteiger partial charge in [0.15, 0.2) is 0 Å². The minimum absolute atomic E-state index is 0.191. The van der Waals surface area contributed by atoms with Gasteiger partial charge in [-0.1, -0.05) is 24.6 Å². The lowest BCUT2D eigenvalue weighted by Gasteiger charge is -2.17. The van der Waals surface area contributed by atoms with E-state index in [9.17, 15) is 4.39 Å². The van der Waals surface area contributed by atoms with E-state index < -0.39 is 0 Å². The molecule has 0 aliphatic heterocycles. The Morgan fingerprint density at radius 1 is 1.45 bits per heavy atom. The maximum absolute atomic E-state index is 13.1. The largest absolute Gasteiger partial charge is 0.272 e. The smallest absolute Gasteiger partial charge is 0.124 e. The third-order valence-corrected chi connectivity index (χ3v) is 3.67. The van der Waals surface area contributed by atoms with Gasteiger partial charge in [0, 0.05) is 24.2 Å². The zero-order valence-corrected chi connectivity index (χ0v) is 12.3. The van der Waals surface area contributed by atoms with Gasteiger partial charge in [0.05, 0.1) is 11.7 Å². The minimum Gasteiger partial charge on any atom is -0.272 e. The molecular weight excluding hydrogens is 279 g/mol. The first-order valence-corrected chi connectivity index (χ1v) is 6.85. The lowest BCUT2D eigenvalue weighted by atomic mass is 10.0. The molecule has 1 aromatic heterocycles. The highest BCUT2D eigenvalue weighted by molar-refractivity contribution is 6.31. The molecule has 0 spiro atoms. The Hall–Kier alpha value is -1.43. The monoisotopic (exact) mass is 296 g/mol. The van der Waals surface area contributed by atoms with Gasteiger partial charge in [0.1, 0.15) is 5.82 Å². The van der Waals surface area contributed by atoms with E-state index in [4.69, 9.17) is 17.4 Å². The van der Waals surface area contributed by atoms with Crippen molar-refractivity contribution < 1.29 is 4.39 Å². The molecular formula is C14H18ClFN4. The fourth-order valence-corrected chi connectivity index (χ4v) is 2.49. The molecule has 0 amide bonds. The molecule has 1 aromatic carbocycles.